The standard InChI is InChI=1S/C24H22N4O2S/c29-22(12-11-20-23(30)26-19-8-4-3-7-18(19)25-20)28-24-27-21(14-31-24)17-10-9-15-5-1-2-6-16(15)13-17/h3-4,7-10,13-14H,1-2,5-6,11-12H2,(H,26,30)(H,27,28,29). The highest BCUT2D eigenvalue weighted by molar-refractivity contribution is 7.14. The zero-order chi connectivity index (χ0) is 21.2. The number of aromatic amines is 1. The van der Waals surface area contributed by atoms with Crippen molar-refractivity contribution in [3.8, 4) is 11.3 Å². The summed E-state index contributed by atoms with van der Waals surface area (Å²) in [4.78, 5) is 36.4. The molecule has 1 aliphatic rings. The van der Waals surface area contributed by atoms with Crippen LogP contribution in [0, 0.1) is 0 Å². The molecule has 0 atom stereocenters. The second-order valence-electron chi connectivity index (χ2n) is 7.81. The summed E-state index contributed by atoms with van der Waals surface area (Å²) in [5.74, 6) is -0.180. The van der Waals surface area contributed by atoms with E-state index in [1.807, 2.05) is 29.6 Å². The Labute approximate surface area is 183 Å². The van der Waals surface area contributed by atoms with Crippen LogP contribution in [0.15, 0.2) is 52.6 Å². The lowest BCUT2D eigenvalue weighted by atomic mass is 9.90. The largest absolute Gasteiger partial charge is 0.319 e. The van der Waals surface area contributed by atoms with E-state index < -0.39 is 0 Å². The fraction of sp³-hybridized carbons (Fsp3) is 0.250. The summed E-state index contributed by atoms with van der Waals surface area (Å²) < 4.78 is 0. The summed E-state index contributed by atoms with van der Waals surface area (Å²) in [6.45, 7) is 0. The summed E-state index contributed by atoms with van der Waals surface area (Å²) in [7, 11) is 0. The molecule has 6 nitrogen and oxygen atoms in total. The number of H-pyrrole nitrogens is 1. The van der Waals surface area contributed by atoms with Crippen LogP contribution in [0.5, 0.6) is 0 Å². The number of anilines is 1. The Balaban J connectivity index is 1.24. The highest BCUT2D eigenvalue weighted by Crippen LogP contribution is 2.29. The van der Waals surface area contributed by atoms with Crippen LogP contribution in [0.1, 0.15) is 36.1 Å². The van der Waals surface area contributed by atoms with Crippen molar-refractivity contribution in [1.29, 1.82) is 0 Å². The maximum atomic E-state index is 12.4. The Morgan fingerprint density at radius 1 is 1.06 bits per heavy atom. The Morgan fingerprint density at radius 2 is 1.90 bits per heavy atom. The van der Waals surface area contributed by atoms with Crippen molar-refractivity contribution in [3.63, 3.8) is 0 Å². The van der Waals surface area contributed by atoms with E-state index in [1.54, 1.807) is 0 Å². The van der Waals surface area contributed by atoms with E-state index in [9.17, 15) is 9.59 Å². The number of hydrogen-bond donors (Lipinski definition) is 2. The predicted octanol–water partition coefficient (Wildman–Crippen LogP) is 4.50. The lowest BCUT2D eigenvalue weighted by Crippen LogP contribution is -2.18. The van der Waals surface area contributed by atoms with Gasteiger partial charge in [-0.2, -0.15) is 0 Å². The highest BCUT2D eigenvalue weighted by Gasteiger charge is 2.13. The van der Waals surface area contributed by atoms with Crippen molar-refractivity contribution in [3.05, 3.63) is 75.0 Å². The maximum absolute atomic E-state index is 12.4. The smallest absolute Gasteiger partial charge is 0.270 e. The maximum Gasteiger partial charge on any atom is 0.270 e. The fourth-order valence-corrected chi connectivity index (χ4v) is 4.74. The van der Waals surface area contributed by atoms with E-state index in [0.717, 1.165) is 24.1 Å². The zero-order valence-electron chi connectivity index (χ0n) is 17.0. The number of fused-ring (bicyclic) bond motifs is 2. The number of aryl methyl sites for hydroxylation is 3. The highest BCUT2D eigenvalue weighted by atomic mass is 32.1. The van der Waals surface area contributed by atoms with Gasteiger partial charge in [-0.3, -0.25) is 9.59 Å². The molecule has 0 spiro atoms. The number of nitrogens with zero attached hydrogens (tertiary/aromatic N) is 2. The van der Waals surface area contributed by atoms with Gasteiger partial charge >= 0.3 is 0 Å². The van der Waals surface area contributed by atoms with Crippen LogP contribution < -0.4 is 10.9 Å². The first-order valence-corrected chi connectivity index (χ1v) is 11.4. The molecule has 0 saturated carbocycles. The first-order chi connectivity index (χ1) is 15.2. The van der Waals surface area contributed by atoms with Crippen molar-refractivity contribution in [2.24, 2.45) is 0 Å². The monoisotopic (exact) mass is 430 g/mol. The minimum Gasteiger partial charge on any atom is -0.319 e. The number of nitrogens with one attached hydrogen (secondary N) is 2. The number of para-hydroxylation sites is 2. The van der Waals surface area contributed by atoms with Crippen LogP contribution in [-0.2, 0) is 24.1 Å². The van der Waals surface area contributed by atoms with Crippen LogP contribution in [0.4, 0.5) is 5.13 Å². The van der Waals surface area contributed by atoms with Gasteiger partial charge in [-0.1, -0.05) is 24.3 Å². The molecular weight excluding hydrogens is 408 g/mol. The van der Waals surface area contributed by atoms with E-state index in [2.05, 4.69) is 38.5 Å². The number of benzene rings is 2. The molecule has 0 bridgehead atoms. The summed E-state index contributed by atoms with van der Waals surface area (Å²) in [5, 5.41) is 5.39. The van der Waals surface area contributed by atoms with Crippen LogP contribution in [0.25, 0.3) is 22.3 Å². The average molecular weight is 431 g/mol. The van der Waals surface area contributed by atoms with Crippen molar-refractivity contribution >= 4 is 33.4 Å². The predicted molar refractivity (Wildman–Crippen MR) is 124 cm³/mol. The molecule has 0 aliphatic heterocycles. The third kappa shape index (κ3) is 4.27. The molecule has 4 aromatic rings. The summed E-state index contributed by atoms with van der Waals surface area (Å²) in [6.07, 6.45) is 5.22. The summed E-state index contributed by atoms with van der Waals surface area (Å²) in [5.41, 5.74) is 6.33. The Bertz CT molecular complexity index is 1320. The topological polar surface area (TPSA) is 87.7 Å². The molecule has 156 valence electrons. The second kappa shape index (κ2) is 8.43. The first kappa shape index (κ1) is 19.6. The summed E-state index contributed by atoms with van der Waals surface area (Å²) >= 11 is 1.41. The lowest BCUT2D eigenvalue weighted by Gasteiger charge is -2.16. The van der Waals surface area contributed by atoms with E-state index in [-0.39, 0.29) is 24.3 Å². The fourth-order valence-electron chi connectivity index (χ4n) is 4.01. The molecule has 0 fully saturated rings. The molecule has 2 N–H and O–H groups in total. The van der Waals surface area contributed by atoms with Gasteiger partial charge in [0, 0.05) is 23.8 Å². The van der Waals surface area contributed by atoms with Crippen molar-refractivity contribution in [2.75, 3.05) is 5.32 Å². The van der Waals surface area contributed by atoms with Gasteiger partial charge in [0.25, 0.3) is 5.56 Å². The molecular formula is C24H22N4O2S. The van der Waals surface area contributed by atoms with Gasteiger partial charge in [0.15, 0.2) is 5.13 Å². The van der Waals surface area contributed by atoms with Crippen LogP contribution >= 0.6 is 11.3 Å². The third-order valence-electron chi connectivity index (χ3n) is 5.65. The molecule has 1 amide bonds. The molecule has 0 unspecified atom stereocenters. The van der Waals surface area contributed by atoms with E-state index in [4.69, 9.17) is 0 Å². The quantitative estimate of drug-likeness (QED) is 0.488. The number of aromatic nitrogens is 3. The minimum atomic E-state index is -0.254. The molecule has 1 aliphatic carbocycles. The van der Waals surface area contributed by atoms with Gasteiger partial charge in [-0.15, -0.1) is 11.3 Å². The minimum absolute atomic E-state index is 0.169. The SMILES string of the molecule is O=C(CCc1nc2ccccc2[nH]c1=O)Nc1nc(-c2ccc3c(c2)CCCC3)cs1. The molecule has 2 heterocycles. The van der Waals surface area contributed by atoms with Crippen molar-refractivity contribution in [2.45, 2.75) is 38.5 Å². The van der Waals surface area contributed by atoms with Crippen LogP contribution in [0.3, 0.4) is 0 Å². The van der Waals surface area contributed by atoms with Crippen molar-refractivity contribution in [1.82, 2.24) is 15.0 Å². The van der Waals surface area contributed by atoms with Gasteiger partial charge in [0.05, 0.1) is 16.7 Å². The Kier molecular flexibility index (Phi) is 5.34. The number of rotatable bonds is 5. The van der Waals surface area contributed by atoms with E-state index in [1.165, 1.54) is 35.3 Å². The number of amides is 1. The molecule has 7 heteroatoms. The number of thiazole rings is 1. The van der Waals surface area contributed by atoms with E-state index >= 15 is 0 Å². The normalized spacial score (nSPS) is 13.2. The number of hydrogen-bond acceptors (Lipinski definition) is 5. The molecule has 0 radical (unpaired) electrons. The molecule has 31 heavy (non-hydrogen) atoms. The molecule has 2 aromatic heterocycles. The summed E-state index contributed by atoms with van der Waals surface area (Å²) in [6, 6.07) is 13.9. The zero-order valence-corrected chi connectivity index (χ0v) is 17.8. The van der Waals surface area contributed by atoms with Crippen molar-refractivity contribution < 1.29 is 4.79 Å². The Hall–Kier alpha value is -3.32. The first-order valence-electron chi connectivity index (χ1n) is 10.5. The van der Waals surface area contributed by atoms with E-state index in [0.29, 0.717) is 21.9 Å². The molecule has 0 saturated heterocycles. The molecule has 5 rings (SSSR count). The molecule has 2 aromatic carbocycles. The van der Waals surface area contributed by atoms with Gasteiger partial charge in [0.1, 0.15) is 5.69 Å². The third-order valence-corrected chi connectivity index (χ3v) is 6.41. The van der Waals surface area contributed by atoms with Gasteiger partial charge < -0.3 is 10.3 Å². The Morgan fingerprint density at radius 3 is 2.81 bits per heavy atom. The van der Waals surface area contributed by atoms with Crippen LogP contribution in [0.2, 0.25) is 0 Å². The lowest BCUT2D eigenvalue weighted by molar-refractivity contribution is -0.116. The number of carbonyl (C=O) groups is 1. The van der Waals surface area contributed by atoms with Gasteiger partial charge in [-0.05, 0) is 55.0 Å². The average Bonchev–Trinajstić information content (AvgIpc) is 3.25. The van der Waals surface area contributed by atoms with Crippen LogP contribution in [-0.4, -0.2) is 20.9 Å². The number of carbonyl (C=O) groups excluding carboxylic acids is 1. The van der Waals surface area contributed by atoms with Gasteiger partial charge in [0.2, 0.25) is 5.91 Å². The van der Waals surface area contributed by atoms with Gasteiger partial charge in [-0.25, -0.2) is 9.97 Å². The second-order valence-corrected chi connectivity index (χ2v) is 8.66.